The van der Waals surface area contributed by atoms with Crippen LogP contribution in [0.1, 0.15) is 77.6 Å². The van der Waals surface area contributed by atoms with Crippen molar-refractivity contribution in [2.45, 2.75) is 94.1 Å². The maximum Gasteiger partial charge on any atom is 0.0687 e. The zero-order valence-electron chi connectivity index (χ0n) is 11.2. The summed E-state index contributed by atoms with van der Waals surface area (Å²) in [5.74, 6) is 0. The molecule has 0 aromatic rings. The van der Waals surface area contributed by atoms with Crippen LogP contribution in [-0.2, 0) is 4.74 Å². The van der Waals surface area contributed by atoms with Crippen molar-refractivity contribution in [3.8, 4) is 0 Å². The second-order valence-corrected chi connectivity index (χ2v) is 7.28. The molecule has 0 N–H and O–H groups in total. The smallest absolute Gasteiger partial charge is 0.0687 e. The van der Waals surface area contributed by atoms with Crippen LogP contribution in [0.25, 0.3) is 0 Å². The summed E-state index contributed by atoms with van der Waals surface area (Å²) < 4.78 is 6.34. The van der Waals surface area contributed by atoms with Crippen LogP contribution in [0.15, 0.2) is 0 Å². The van der Waals surface area contributed by atoms with E-state index in [9.17, 15) is 0 Å². The molecule has 1 spiro atoms. The first-order valence-corrected chi connectivity index (χ1v) is 8.47. The average Bonchev–Trinajstić information content (AvgIpc) is 2.91. The molecule has 1 saturated heterocycles. The van der Waals surface area contributed by atoms with Crippen molar-refractivity contribution < 1.29 is 4.74 Å². The van der Waals surface area contributed by atoms with Gasteiger partial charge in [0, 0.05) is 4.83 Å². The minimum Gasteiger partial charge on any atom is -0.372 e. The lowest BCUT2D eigenvalue weighted by Gasteiger charge is -2.23. The summed E-state index contributed by atoms with van der Waals surface area (Å²) in [4.78, 5) is 0.731. The first kappa shape index (κ1) is 13.9. The van der Waals surface area contributed by atoms with Crippen molar-refractivity contribution in [3.63, 3.8) is 0 Å². The van der Waals surface area contributed by atoms with Crippen LogP contribution in [0.2, 0.25) is 0 Å². The SMILES string of the molecule is CCCC(Br)CCCC1CCC2(CCCC2)O1. The number of ether oxygens (including phenoxy) is 1. The van der Waals surface area contributed by atoms with Gasteiger partial charge in [-0.2, -0.15) is 0 Å². The summed E-state index contributed by atoms with van der Waals surface area (Å²) in [5.41, 5.74) is 0.335. The monoisotopic (exact) mass is 302 g/mol. The Balaban J connectivity index is 1.61. The molecule has 1 nitrogen and oxygen atoms in total. The molecular formula is C15H27BrO. The van der Waals surface area contributed by atoms with Crippen molar-refractivity contribution in [2.24, 2.45) is 0 Å². The lowest BCUT2D eigenvalue weighted by molar-refractivity contribution is -0.0394. The maximum absolute atomic E-state index is 6.34. The van der Waals surface area contributed by atoms with Gasteiger partial charge in [-0.1, -0.05) is 42.1 Å². The molecule has 2 rings (SSSR count). The van der Waals surface area contributed by atoms with Gasteiger partial charge < -0.3 is 4.74 Å². The summed E-state index contributed by atoms with van der Waals surface area (Å²) in [6.45, 7) is 2.26. The van der Waals surface area contributed by atoms with Crippen LogP contribution >= 0.6 is 15.9 Å². The van der Waals surface area contributed by atoms with Crippen LogP contribution in [0.4, 0.5) is 0 Å². The third-order valence-corrected chi connectivity index (χ3v) is 5.41. The molecular weight excluding hydrogens is 276 g/mol. The average molecular weight is 303 g/mol. The molecule has 2 heteroatoms. The topological polar surface area (TPSA) is 9.23 Å². The lowest BCUT2D eigenvalue weighted by atomic mass is 9.97. The zero-order valence-corrected chi connectivity index (χ0v) is 12.8. The second-order valence-electron chi connectivity index (χ2n) is 5.99. The van der Waals surface area contributed by atoms with Gasteiger partial charge in [0.1, 0.15) is 0 Å². The van der Waals surface area contributed by atoms with Crippen LogP contribution in [0, 0.1) is 0 Å². The third kappa shape index (κ3) is 3.96. The largest absolute Gasteiger partial charge is 0.372 e. The van der Waals surface area contributed by atoms with Crippen molar-refractivity contribution in [3.05, 3.63) is 0 Å². The molecule has 2 unspecified atom stereocenters. The molecule has 100 valence electrons. The van der Waals surface area contributed by atoms with Crippen molar-refractivity contribution in [1.29, 1.82) is 0 Å². The van der Waals surface area contributed by atoms with Crippen LogP contribution in [0.3, 0.4) is 0 Å². The Labute approximate surface area is 115 Å². The molecule has 0 aromatic carbocycles. The van der Waals surface area contributed by atoms with Crippen molar-refractivity contribution in [1.82, 2.24) is 0 Å². The van der Waals surface area contributed by atoms with E-state index in [1.807, 2.05) is 0 Å². The van der Waals surface area contributed by atoms with Gasteiger partial charge in [0.25, 0.3) is 0 Å². The van der Waals surface area contributed by atoms with Gasteiger partial charge in [-0.15, -0.1) is 0 Å². The van der Waals surface area contributed by atoms with E-state index in [4.69, 9.17) is 4.74 Å². The molecule has 2 aliphatic rings. The summed E-state index contributed by atoms with van der Waals surface area (Å²) in [5, 5.41) is 0. The fourth-order valence-corrected chi connectivity index (χ4v) is 4.29. The number of alkyl halides is 1. The quantitative estimate of drug-likeness (QED) is 0.612. The van der Waals surface area contributed by atoms with Gasteiger partial charge in [-0.25, -0.2) is 0 Å². The van der Waals surface area contributed by atoms with Crippen molar-refractivity contribution >= 4 is 15.9 Å². The highest BCUT2D eigenvalue weighted by Crippen LogP contribution is 2.44. The van der Waals surface area contributed by atoms with Gasteiger partial charge in [-0.3, -0.25) is 0 Å². The summed E-state index contributed by atoms with van der Waals surface area (Å²) in [6.07, 6.45) is 15.2. The Kier molecular flexibility index (Phi) is 5.35. The first-order chi connectivity index (χ1) is 8.24. The van der Waals surface area contributed by atoms with E-state index in [1.165, 1.54) is 70.6 Å². The maximum atomic E-state index is 6.34. The van der Waals surface area contributed by atoms with Crippen molar-refractivity contribution in [2.75, 3.05) is 0 Å². The van der Waals surface area contributed by atoms with Crippen LogP contribution in [0.5, 0.6) is 0 Å². The van der Waals surface area contributed by atoms with Gasteiger partial charge in [0.2, 0.25) is 0 Å². The molecule has 0 aromatic heterocycles. The predicted molar refractivity (Wildman–Crippen MR) is 76.8 cm³/mol. The lowest BCUT2D eigenvalue weighted by Crippen LogP contribution is -2.24. The molecule has 2 fully saturated rings. The second kappa shape index (κ2) is 6.56. The Bertz CT molecular complexity index is 223. The fraction of sp³-hybridized carbons (Fsp3) is 1.00. The van der Waals surface area contributed by atoms with Gasteiger partial charge in [0.15, 0.2) is 0 Å². The molecule has 0 bridgehead atoms. The van der Waals surface area contributed by atoms with E-state index in [-0.39, 0.29) is 0 Å². The molecule has 1 aliphatic carbocycles. The highest BCUT2D eigenvalue weighted by atomic mass is 79.9. The molecule has 0 radical (unpaired) electrons. The fourth-order valence-electron chi connectivity index (χ4n) is 3.51. The summed E-state index contributed by atoms with van der Waals surface area (Å²) >= 11 is 3.77. The minimum atomic E-state index is 0.335. The molecule has 1 heterocycles. The Hall–Kier alpha value is 0.440. The minimum absolute atomic E-state index is 0.335. The first-order valence-electron chi connectivity index (χ1n) is 7.56. The molecule has 17 heavy (non-hydrogen) atoms. The molecule has 0 amide bonds. The Morgan fingerprint density at radius 1 is 1.24 bits per heavy atom. The standard InChI is InChI=1S/C15H27BrO/c1-2-6-13(16)7-5-8-14-9-12-15(17-14)10-3-4-11-15/h13-14H,2-12H2,1H3. The van der Waals surface area contributed by atoms with Gasteiger partial charge in [-0.05, 0) is 51.4 Å². The summed E-state index contributed by atoms with van der Waals surface area (Å²) in [7, 11) is 0. The third-order valence-electron chi connectivity index (χ3n) is 4.50. The number of hydrogen-bond donors (Lipinski definition) is 0. The number of hydrogen-bond acceptors (Lipinski definition) is 1. The predicted octanol–water partition coefficient (Wildman–Crippen LogP) is 5.21. The van der Waals surface area contributed by atoms with E-state index in [1.54, 1.807) is 0 Å². The van der Waals surface area contributed by atoms with Crippen LogP contribution in [-0.4, -0.2) is 16.5 Å². The number of rotatable bonds is 6. The van der Waals surface area contributed by atoms with Gasteiger partial charge >= 0.3 is 0 Å². The van der Waals surface area contributed by atoms with E-state index in [0.29, 0.717) is 11.7 Å². The van der Waals surface area contributed by atoms with E-state index in [2.05, 4.69) is 22.9 Å². The van der Waals surface area contributed by atoms with Gasteiger partial charge in [0.05, 0.1) is 11.7 Å². The number of halogens is 1. The zero-order chi connectivity index (χ0) is 12.1. The van der Waals surface area contributed by atoms with E-state index < -0.39 is 0 Å². The normalized spacial score (nSPS) is 28.9. The highest BCUT2D eigenvalue weighted by Gasteiger charge is 2.41. The summed E-state index contributed by atoms with van der Waals surface area (Å²) in [6, 6.07) is 0. The molecule has 1 aliphatic heterocycles. The highest BCUT2D eigenvalue weighted by molar-refractivity contribution is 9.09. The van der Waals surface area contributed by atoms with E-state index in [0.717, 1.165) is 4.83 Å². The Morgan fingerprint density at radius 2 is 2.00 bits per heavy atom. The van der Waals surface area contributed by atoms with Crippen LogP contribution < -0.4 is 0 Å². The molecule has 2 atom stereocenters. The Morgan fingerprint density at radius 3 is 2.71 bits per heavy atom. The van der Waals surface area contributed by atoms with E-state index >= 15 is 0 Å². The molecule has 1 saturated carbocycles.